The summed E-state index contributed by atoms with van der Waals surface area (Å²) in [4.78, 5) is 12.4. The fourth-order valence-corrected chi connectivity index (χ4v) is 2.85. The molecule has 2 aromatic rings. The Labute approximate surface area is 119 Å². The Morgan fingerprint density at radius 1 is 0.947 bits per heavy atom. The second kappa shape index (κ2) is 6.07. The molecule has 2 aromatic carbocycles. The number of benzene rings is 2. The molecule has 0 spiro atoms. The minimum absolute atomic E-state index is 0.211. The summed E-state index contributed by atoms with van der Waals surface area (Å²) in [5, 5.41) is 0.211. The van der Waals surface area contributed by atoms with E-state index in [0.29, 0.717) is 0 Å². The van der Waals surface area contributed by atoms with Crippen LogP contribution in [0.3, 0.4) is 0 Å². The van der Waals surface area contributed by atoms with Crippen LogP contribution in [0.5, 0.6) is 0 Å². The van der Waals surface area contributed by atoms with Gasteiger partial charge in [0.2, 0.25) is 0 Å². The van der Waals surface area contributed by atoms with Crippen molar-refractivity contribution in [2.24, 2.45) is 0 Å². The third-order valence-electron chi connectivity index (χ3n) is 3.22. The fourth-order valence-electron chi connectivity index (χ4n) is 1.88. The molecule has 0 amide bonds. The summed E-state index contributed by atoms with van der Waals surface area (Å²) in [6.07, 6.45) is 0. The molecule has 0 aliphatic carbocycles. The first-order valence-electron chi connectivity index (χ1n) is 6.37. The van der Waals surface area contributed by atoms with Crippen LogP contribution >= 0.6 is 11.8 Å². The Morgan fingerprint density at radius 2 is 1.47 bits per heavy atom. The molecule has 0 atom stereocenters. The molecule has 2 rings (SSSR count). The normalized spacial score (nSPS) is 11.3. The molecular weight excluding hydrogens is 252 g/mol. The first-order valence-corrected chi connectivity index (χ1v) is 7.36. The van der Waals surface area contributed by atoms with E-state index in [1.54, 1.807) is 0 Å². The molecular formula is C17H18OS. The smallest absolute Gasteiger partial charge is 0.199 e. The van der Waals surface area contributed by atoms with E-state index < -0.39 is 5.41 Å². The van der Waals surface area contributed by atoms with Crippen LogP contribution in [0, 0.1) is 0 Å². The highest BCUT2D eigenvalue weighted by Crippen LogP contribution is 2.30. The summed E-state index contributed by atoms with van der Waals surface area (Å²) >= 11 is 1.39. The summed E-state index contributed by atoms with van der Waals surface area (Å²) in [5.74, 6) is 0.732. The Balaban J connectivity index is 2.03. The van der Waals surface area contributed by atoms with Gasteiger partial charge in [-0.3, -0.25) is 4.79 Å². The molecule has 0 unspecified atom stereocenters. The van der Waals surface area contributed by atoms with Crippen molar-refractivity contribution in [3.63, 3.8) is 0 Å². The maximum atomic E-state index is 12.4. The molecule has 98 valence electrons. The maximum Gasteiger partial charge on any atom is 0.199 e. The van der Waals surface area contributed by atoms with Crippen molar-refractivity contribution in [1.82, 2.24) is 0 Å². The number of rotatable bonds is 4. The van der Waals surface area contributed by atoms with Crippen molar-refractivity contribution in [2.45, 2.75) is 25.0 Å². The number of hydrogen-bond acceptors (Lipinski definition) is 2. The van der Waals surface area contributed by atoms with Gasteiger partial charge in [-0.2, -0.15) is 0 Å². The first kappa shape index (κ1) is 13.9. The van der Waals surface area contributed by atoms with Gasteiger partial charge in [0, 0.05) is 5.75 Å². The first-order chi connectivity index (χ1) is 9.10. The highest BCUT2D eigenvalue weighted by Gasteiger charge is 2.29. The average Bonchev–Trinajstić information content (AvgIpc) is 2.46. The van der Waals surface area contributed by atoms with Gasteiger partial charge in [0.15, 0.2) is 5.12 Å². The van der Waals surface area contributed by atoms with Gasteiger partial charge < -0.3 is 0 Å². The minimum atomic E-state index is -0.444. The zero-order valence-corrected chi connectivity index (χ0v) is 12.1. The van der Waals surface area contributed by atoms with Crippen LogP contribution < -0.4 is 0 Å². The number of thioether (sulfide) groups is 1. The number of carbonyl (C=O) groups is 1. The molecule has 0 aromatic heterocycles. The maximum absolute atomic E-state index is 12.4. The monoisotopic (exact) mass is 270 g/mol. The van der Waals surface area contributed by atoms with E-state index in [1.165, 1.54) is 17.3 Å². The van der Waals surface area contributed by atoms with Crippen LogP contribution in [0.25, 0.3) is 0 Å². The van der Waals surface area contributed by atoms with Crippen molar-refractivity contribution in [3.05, 3.63) is 71.8 Å². The number of carbonyl (C=O) groups excluding carboxylic acids is 1. The molecule has 1 nitrogen and oxygen atoms in total. The molecule has 0 fully saturated rings. The van der Waals surface area contributed by atoms with Crippen molar-refractivity contribution < 1.29 is 4.79 Å². The molecule has 0 bridgehead atoms. The van der Waals surface area contributed by atoms with Gasteiger partial charge in [0.1, 0.15) is 0 Å². The number of hydrogen-bond donors (Lipinski definition) is 0. The highest BCUT2D eigenvalue weighted by molar-refractivity contribution is 8.13. The summed E-state index contributed by atoms with van der Waals surface area (Å²) in [6.45, 7) is 3.98. The largest absolute Gasteiger partial charge is 0.286 e. The van der Waals surface area contributed by atoms with E-state index in [2.05, 4.69) is 12.1 Å². The molecule has 0 saturated heterocycles. The fraction of sp³-hybridized carbons (Fsp3) is 0.235. The zero-order valence-electron chi connectivity index (χ0n) is 11.3. The second-order valence-electron chi connectivity index (χ2n) is 5.05. The van der Waals surface area contributed by atoms with Gasteiger partial charge in [-0.05, 0) is 25.0 Å². The molecule has 0 heterocycles. The SMILES string of the molecule is CC(C)(C(=O)SCc1ccccc1)c1ccccc1. The molecule has 0 saturated carbocycles. The van der Waals surface area contributed by atoms with Gasteiger partial charge in [0.25, 0.3) is 0 Å². The topological polar surface area (TPSA) is 17.1 Å². The standard InChI is InChI=1S/C17H18OS/c1-17(2,15-11-7-4-8-12-15)16(18)19-13-14-9-5-3-6-10-14/h3-12H,13H2,1-2H3. The predicted octanol–water partition coefficient (Wildman–Crippen LogP) is 4.42. The van der Waals surface area contributed by atoms with Crippen molar-refractivity contribution in [1.29, 1.82) is 0 Å². The predicted molar refractivity (Wildman–Crippen MR) is 82.2 cm³/mol. The Hall–Kier alpha value is -1.54. The third-order valence-corrected chi connectivity index (χ3v) is 4.47. The van der Waals surface area contributed by atoms with E-state index in [4.69, 9.17) is 0 Å². The Bertz CT molecular complexity index is 532. The molecule has 19 heavy (non-hydrogen) atoms. The van der Waals surface area contributed by atoms with Crippen LogP contribution in [-0.2, 0) is 16.0 Å². The molecule has 0 aliphatic rings. The summed E-state index contributed by atoms with van der Waals surface area (Å²) in [7, 11) is 0. The van der Waals surface area contributed by atoms with Gasteiger partial charge in [0.05, 0.1) is 5.41 Å². The molecule has 0 radical (unpaired) electrons. The van der Waals surface area contributed by atoms with Crippen LogP contribution in [0.15, 0.2) is 60.7 Å². The lowest BCUT2D eigenvalue weighted by atomic mass is 9.86. The van der Waals surface area contributed by atoms with Crippen molar-refractivity contribution >= 4 is 16.9 Å². The molecule has 0 N–H and O–H groups in total. The van der Waals surface area contributed by atoms with Crippen LogP contribution in [0.2, 0.25) is 0 Å². The van der Waals surface area contributed by atoms with Gasteiger partial charge in [-0.25, -0.2) is 0 Å². The van der Waals surface area contributed by atoms with Gasteiger partial charge >= 0.3 is 0 Å². The van der Waals surface area contributed by atoms with Crippen LogP contribution in [0.1, 0.15) is 25.0 Å². The Kier molecular flexibility index (Phi) is 4.43. The lowest BCUT2D eigenvalue weighted by molar-refractivity contribution is -0.114. The lowest BCUT2D eigenvalue weighted by Crippen LogP contribution is -2.26. The van der Waals surface area contributed by atoms with E-state index in [9.17, 15) is 4.79 Å². The van der Waals surface area contributed by atoms with E-state index in [0.717, 1.165) is 11.3 Å². The van der Waals surface area contributed by atoms with E-state index >= 15 is 0 Å². The zero-order chi connectivity index (χ0) is 13.7. The summed E-state index contributed by atoms with van der Waals surface area (Å²) < 4.78 is 0. The second-order valence-corrected chi connectivity index (χ2v) is 6.00. The highest BCUT2D eigenvalue weighted by atomic mass is 32.2. The van der Waals surface area contributed by atoms with Gasteiger partial charge in [-0.1, -0.05) is 72.4 Å². The summed E-state index contributed by atoms with van der Waals surface area (Å²) in [6, 6.07) is 20.1. The molecule has 0 aliphatic heterocycles. The average molecular weight is 270 g/mol. The van der Waals surface area contributed by atoms with Crippen LogP contribution in [0.4, 0.5) is 0 Å². The minimum Gasteiger partial charge on any atom is -0.286 e. The van der Waals surface area contributed by atoms with Gasteiger partial charge in [-0.15, -0.1) is 0 Å². The lowest BCUT2D eigenvalue weighted by Gasteiger charge is -2.23. The van der Waals surface area contributed by atoms with Crippen molar-refractivity contribution in [3.8, 4) is 0 Å². The third kappa shape index (κ3) is 3.48. The summed E-state index contributed by atoms with van der Waals surface area (Å²) in [5.41, 5.74) is 1.81. The quantitative estimate of drug-likeness (QED) is 0.818. The van der Waals surface area contributed by atoms with Crippen molar-refractivity contribution in [2.75, 3.05) is 0 Å². The van der Waals surface area contributed by atoms with Crippen LogP contribution in [-0.4, -0.2) is 5.12 Å². The Morgan fingerprint density at radius 3 is 2.05 bits per heavy atom. The van der Waals surface area contributed by atoms with E-state index in [-0.39, 0.29) is 5.12 Å². The molecule has 2 heteroatoms. The van der Waals surface area contributed by atoms with E-state index in [1.807, 2.05) is 62.4 Å².